The third-order valence-electron chi connectivity index (χ3n) is 2.53. The van der Waals surface area contributed by atoms with E-state index in [9.17, 15) is 0 Å². The van der Waals surface area contributed by atoms with E-state index in [0.29, 0.717) is 16.7 Å². The first-order valence-electron chi connectivity index (χ1n) is 7.61. The molecule has 0 amide bonds. The lowest BCUT2D eigenvalue weighted by Gasteiger charge is -2.20. The first-order chi connectivity index (χ1) is 10.0. The van der Waals surface area contributed by atoms with Gasteiger partial charge in [-0.3, -0.25) is 0 Å². The first-order valence-corrected chi connectivity index (χ1v) is 7.20. The Morgan fingerprint density at radius 2 is 1.56 bits per heavy atom. The molecule has 0 nitrogen and oxygen atoms in total. The van der Waals surface area contributed by atoms with Crippen LogP contribution in [-0.4, -0.2) is 0 Å². The summed E-state index contributed by atoms with van der Waals surface area (Å²) in [5.74, 6) is 0. The van der Waals surface area contributed by atoms with Crippen molar-refractivity contribution in [2.75, 3.05) is 0 Å². The highest BCUT2D eigenvalue weighted by atomic mass is 79.9. The average molecular weight is 372 g/mol. The van der Waals surface area contributed by atoms with Crippen molar-refractivity contribution in [1.82, 2.24) is 0 Å². The second kappa shape index (κ2) is 5.18. The Labute approximate surface area is 131 Å². The number of hydrogen-bond donors (Lipinski definition) is 0. The maximum atomic E-state index is 8.51. The molecule has 0 unspecified atom stereocenters. The molecule has 2 rings (SSSR count). The van der Waals surface area contributed by atoms with Gasteiger partial charge >= 0.3 is 0 Å². The molecule has 0 atom stereocenters. The van der Waals surface area contributed by atoms with Crippen molar-refractivity contribution in [1.29, 1.82) is 0 Å². The van der Waals surface area contributed by atoms with Gasteiger partial charge < -0.3 is 0 Å². The summed E-state index contributed by atoms with van der Waals surface area (Å²) in [6.07, 6.45) is 0. The number of halogens is 2. The Morgan fingerprint density at radius 1 is 0.944 bits per heavy atom. The van der Waals surface area contributed by atoms with Crippen LogP contribution >= 0.6 is 31.9 Å². The van der Waals surface area contributed by atoms with E-state index in [2.05, 4.69) is 31.9 Å². The quantitative estimate of drug-likeness (QED) is 0.561. The predicted octanol–water partition coefficient (Wildman–Crippen LogP) is 6.18. The van der Waals surface area contributed by atoms with Gasteiger partial charge in [0.15, 0.2) is 0 Å². The molecule has 0 bridgehead atoms. The fourth-order valence-corrected chi connectivity index (χ4v) is 2.85. The molecule has 0 fully saturated rings. The molecule has 2 heteroatoms. The van der Waals surface area contributed by atoms with Crippen molar-refractivity contribution in [2.24, 2.45) is 0 Å². The fourth-order valence-electron chi connectivity index (χ4n) is 1.56. The maximum Gasteiger partial charge on any atom is 0.0632 e. The van der Waals surface area contributed by atoms with Crippen LogP contribution in [0.5, 0.6) is 0 Å². The lowest BCUT2D eigenvalue weighted by molar-refractivity contribution is 0.590. The normalized spacial score (nSPS) is 14.7. The Balaban J connectivity index is 2.90. The van der Waals surface area contributed by atoms with E-state index in [1.807, 2.05) is 39.0 Å². The summed E-state index contributed by atoms with van der Waals surface area (Å²) >= 11 is 6.83. The molecule has 0 aliphatic heterocycles. The molecular weight excluding hydrogens is 352 g/mol. The van der Waals surface area contributed by atoms with Crippen LogP contribution in [0.2, 0.25) is 0 Å². The lowest BCUT2D eigenvalue weighted by Crippen LogP contribution is -2.10. The van der Waals surface area contributed by atoms with Crippen LogP contribution in [-0.2, 0) is 5.41 Å². The van der Waals surface area contributed by atoms with E-state index in [1.54, 1.807) is 0 Å². The third-order valence-corrected chi connectivity index (χ3v) is 3.44. The van der Waals surface area contributed by atoms with Gasteiger partial charge in [0.1, 0.15) is 0 Å². The zero-order chi connectivity index (χ0) is 16.8. The van der Waals surface area contributed by atoms with E-state index >= 15 is 0 Å². The summed E-state index contributed by atoms with van der Waals surface area (Å²) < 4.78 is 34.6. The Morgan fingerprint density at radius 3 is 2.11 bits per heavy atom. The Hall–Kier alpha value is -0.600. The van der Waals surface area contributed by atoms with E-state index in [0.717, 1.165) is 8.95 Å². The number of benzene rings is 2. The van der Waals surface area contributed by atoms with Crippen LogP contribution in [0.25, 0.3) is 11.1 Å². The second-order valence-electron chi connectivity index (χ2n) is 5.16. The molecule has 2 aromatic rings. The standard InChI is InChI=1S/C16H16Br2/c1-16(2,3)13-6-4-5-11(7-13)12-8-14(17)10-15(18)9-12/h4-10H,1-3H3/i4D,5D,6D,7D. The van der Waals surface area contributed by atoms with E-state index in [1.165, 1.54) is 0 Å². The van der Waals surface area contributed by atoms with Crippen LogP contribution in [0, 0.1) is 0 Å². The smallest absolute Gasteiger partial charge is 0.0614 e. The van der Waals surface area contributed by atoms with Crippen molar-refractivity contribution in [3.8, 4) is 11.1 Å². The minimum Gasteiger partial charge on any atom is -0.0614 e. The van der Waals surface area contributed by atoms with Crippen LogP contribution in [0.1, 0.15) is 31.8 Å². The van der Waals surface area contributed by atoms with Crippen molar-refractivity contribution < 1.29 is 5.48 Å². The molecular formula is C16H16Br2. The minimum atomic E-state index is -0.435. The van der Waals surface area contributed by atoms with Crippen molar-refractivity contribution in [2.45, 2.75) is 26.2 Å². The largest absolute Gasteiger partial charge is 0.0632 e. The molecule has 94 valence electrons. The summed E-state index contributed by atoms with van der Waals surface area (Å²) in [6.45, 7) is 5.76. The lowest BCUT2D eigenvalue weighted by atomic mass is 9.85. The van der Waals surface area contributed by atoms with Gasteiger partial charge in [0.25, 0.3) is 0 Å². The third kappa shape index (κ3) is 3.24. The summed E-state index contributed by atoms with van der Waals surface area (Å²) in [5.41, 5.74) is 1.15. The van der Waals surface area contributed by atoms with Gasteiger partial charge in [-0.2, -0.15) is 0 Å². The molecule has 0 spiro atoms. The fraction of sp³-hybridized carbons (Fsp3) is 0.250. The van der Waals surface area contributed by atoms with Crippen molar-refractivity contribution >= 4 is 31.9 Å². The summed E-state index contributed by atoms with van der Waals surface area (Å²) in [4.78, 5) is 0. The first kappa shape index (κ1) is 9.33. The zero-order valence-corrected chi connectivity index (χ0v) is 13.7. The van der Waals surface area contributed by atoms with Gasteiger partial charge in [0.2, 0.25) is 0 Å². The summed E-state index contributed by atoms with van der Waals surface area (Å²) in [6, 6.07) is 5.45. The molecule has 0 saturated heterocycles. The van der Waals surface area contributed by atoms with Crippen LogP contribution in [0.15, 0.2) is 51.3 Å². The SMILES string of the molecule is [2H]c1c([2H])c(-c2cc(Br)cc(Br)c2)c([2H])c(C(C)(C)C)c1[2H]. The zero-order valence-electron chi connectivity index (χ0n) is 14.5. The summed E-state index contributed by atoms with van der Waals surface area (Å²) in [7, 11) is 0. The van der Waals surface area contributed by atoms with Crippen LogP contribution < -0.4 is 0 Å². The van der Waals surface area contributed by atoms with Crippen molar-refractivity contribution in [3.05, 3.63) is 56.9 Å². The molecule has 0 aliphatic carbocycles. The van der Waals surface area contributed by atoms with Gasteiger partial charge in [-0.1, -0.05) is 76.8 Å². The Bertz CT molecular complexity index is 729. The maximum absolute atomic E-state index is 8.51. The minimum absolute atomic E-state index is 0.0275. The highest BCUT2D eigenvalue weighted by Crippen LogP contribution is 2.31. The van der Waals surface area contributed by atoms with Gasteiger partial charge in [-0.15, -0.1) is 0 Å². The average Bonchev–Trinajstić information content (AvgIpc) is 2.33. The summed E-state index contributed by atoms with van der Waals surface area (Å²) in [5, 5.41) is 0. The van der Waals surface area contributed by atoms with E-state index in [4.69, 9.17) is 5.48 Å². The van der Waals surface area contributed by atoms with E-state index in [-0.39, 0.29) is 24.2 Å². The highest BCUT2D eigenvalue weighted by molar-refractivity contribution is 9.11. The molecule has 18 heavy (non-hydrogen) atoms. The van der Waals surface area contributed by atoms with Crippen molar-refractivity contribution in [3.63, 3.8) is 0 Å². The molecule has 0 N–H and O–H groups in total. The van der Waals surface area contributed by atoms with E-state index < -0.39 is 5.41 Å². The van der Waals surface area contributed by atoms with Gasteiger partial charge in [-0.25, -0.2) is 0 Å². The van der Waals surface area contributed by atoms with Gasteiger partial charge in [0, 0.05) is 8.95 Å². The Kier molecular flexibility index (Phi) is 2.68. The second-order valence-corrected chi connectivity index (χ2v) is 6.99. The molecule has 0 radical (unpaired) electrons. The molecule has 2 aromatic carbocycles. The molecule has 0 aromatic heterocycles. The van der Waals surface area contributed by atoms with Gasteiger partial charge in [0.05, 0.1) is 5.48 Å². The van der Waals surface area contributed by atoms with Crippen LogP contribution in [0.3, 0.4) is 0 Å². The highest BCUT2D eigenvalue weighted by Gasteiger charge is 2.14. The molecule has 0 aliphatic rings. The number of hydrogen-bond acceptors (Lipinski definition) is 0. The topological polar surface area (TPSA) is 0 Å². The van der Waals surface area contributed by atoms with Crippen LogP contribution in [0.4, 0.5) is 0 Å². The predicted molar refractivity (Wildman–Crippen MR) is 86.0 cm³/mol. The van der Waals surface area contributed by atoms with Gasteiger partial charge in [-0.05, 0) is 40.3 Å². The molecule has 0 saturated carbocycles. The number of rotatable bonds is 1. The monoisotopic (exact) mass is 370 g/mol. The molecule has 0 heterocycles.